The zero-order valence-electron chi connectivity index (χ0n) is 11.0. The average molecular weight is 267 g/mol. The molecule has 2 atom stereocenters. The number of thioether (sulfide) groups is 1. The molecule has 1 fully saturated rings. The predicted octanol–water partition coefficient (Wildman–Crippen LogP) is 2.56. The van der Waals surface area contributed by atoms with Crippen LogP contribution in [0.25, 0.3) is 0 Å². The van der Waals surface area contributed by atoms with E-state index in [0.717, 1.165) is 30.1 Å². The smallest absolute Gasteiger partial charge is 0.123 e. The van der Waals surface area contributed by atoms with E-state index in [2.05, 4.69) is 19.1 Å². The van der Waals surface area contributed by atoms with Crippen molar-refractivity contribution in [1.29, 1.82) is 0 Å². The highest BCUT2D eigenvalue weighted by Crippen LogP contribution is 2.30. The summed E-state index contributed by atoms with van der Waals surface area (Å²) in [5.41, 5.74) is 8.11. The molecule has 2 N–H and O–H groups in total. The molecule has 18 heavy (non-hydrogen) atoms. The molecule has 0 radical (unpaired) electrons. The molecule has 4 heteroatoms. The van der Waals surface area contributed by atoms with Gasteiger partial charge < -0.3 is 15.2 Å². The molecule has 2 unspecified atom stereocenters. The fraction of sp³-hybridized carbons (Fsp3) is 0.571. The summed E-state index contributed by atoms with van der Waals surface area (Å²) in [6, 6.07) is 6.27. The highest BCUT2D eigenvalue weighted by atomic mass is 32.2. The average Bonchev–Trinajstić information content (AvgIpc) is 2.81. The van der Waals surface area contributed by atoms with E-state index in [9.17, 15) is 0 Å². The van der Waals surface area contributed by atoms with Crippen molar-refractivity contribution in [3.8, 4) is 5.75 Å². The van der Waals surface area contributed by atoms with Crippen molar-refractivity contribution in [3.63, 3.8) is 0 Å². The maximum Gasteiger partial charge on any atom is 0.123 e. The second-order valence-corrected chi connectivity index (χ2v) is 5.79. The van der Waals surface area contributed by atoms with Gasteiger partial charge in [-0.15, -0.1) is 0 Å². The fourth-order valence-electron chi connectivity index (χ4n) is 2.22. The minimum absolute atomic E-state index is 0.377. The van der Waals surface area contributed by atoms with Crippen molar-refractivity contribution in [2.24, 2.45) is 5.73 Å². The van der Waals surface area contributed by atoms with E-state index >= 15 is 0 Å². The van der Waals surface area contributed by atoms with Gasteiger partial charge in [0.2, 0.25) is 0 Å². The third-order valence-electron chi connectivity index (χ3n) is 3.34. The maximum atomic E-state index is 5.73. The van der Waals surface area contributed by atoms with Crippen LogP contribution in [0.3, 0.4) is 0 Å². The molecule has 1 aromatic carbocycles. The number of hydrogen-bond donors (Lipinski definition) is 1. The summed E-state index contributed by atoms with van der Waals surface area (Å²) in [5.74, 6) is 1.89. The molecule has 1 heterocycles. The van der Waals surface area contributed by atoms with E-state index < -0.39 is 0 Å². The first-order chi connectivity index (χ1) is 8.74. The van der Waals surface area contributed by atoms with Crippen LogP contribution in [0.4, 0.5) is 0 Å². The molecule has 1 aliphatic heterocycles. The predicted molar refractivity (Wildman–Crippen MR) is 76.0 cm³/mol. The van der Waals surface area contributed by atoms with Crippen molar-refractivity contribution in [2.75, 3.05) is 13.7 Å². The number of ether oxygens (including phenoxy) is 2. The summed E-state index contributed by atoms with van der Waals surface area (Å²) in [6.07, 6.45) is 1.54. The number of methoxy groups -OCH3 is 1. The Hall–Kier alpha value is -0.710. The Morgan fingerprint density at radius 3 is 2.94 bits per heavy atom. The van der Waals surface area contributed by atoms with Gasteiger partial charge in [-0.25, -0.2) is 0 Å². The van der Waals surface area contributed by atoms with Gasteiger partial charge in [0.25, 0.3) is 0 Å². The van der Waals surface area contributed by atoms with Crippen LogP contribution in [0, 0.1) is 0 Å². The van der Waals surface area contributed by atoms with Gasteiger partial charge in [0, 0.05) is 29.7 Å². The first-order valence-electron chi connectivity index (χ1n) is 6.33. The van der Waals surface area contributed by atoms with Gasteiger partial charge in [0.1, 0.15) is 5.75 Å². The number of benzene rings is 1. The second-order valence-electron chi connectivity index (χ2n) is 4.56. The van der Waals surface area contributed by atoms with E-state index in [0.29, 0.717) is 17.9 Å². The molecule has 1 aromatic rings. The molecule has 1 aliphatic rings. The minimum atomic E-state index is 0.377. The van der Waals surface area contributed by atoms with E-state index in [1.165, 1.54) is 5.56 Å². The van der Waals surface area contributed by atoms with Crippen molar-refractivity contribution < 1.29 is 9.47 Å². The first-order valence-corrected chi connectivity index (χ1v) is 7.38. The third kappa shape index (κ3) is 3.19. The van der Waals surface area contributed by atoms with Gasteiger partial charge in [-0.1, -0.05) is 6.07 Å². The third-order valence-corrected chi connectivity index (χ3v) is 4.88. The molecule has 0 bridgehead atoms. The Balaban J connectivity index is 1.97. The Bertz CT molecular complexity index is 397. The summed E-state index contributed by atoms with van der Waals surface area (Å²) < 4.78 is 10.9. The van der Waals surface area contributed by atoms with Crippen LogP contribution in [0.5, 0.6) is 5.75 Å². The van der Waals surface area contributed by atoms with Crippen LogP contribution < -0.4 is 10.5 Å². The van der Waals surface area contributed by atoms with Crippen LogP contribution in [-0.2, 0) is 17.0 Å². The summed E-state index contributed by atoms with van der Waals surface area (Å²) >= 11 is 1.97. The van der Waals surface area contributed by atoms with Gasteiger partial charge in [-0.2, -0.15) is 11.8 Å². The normalized spacial score (nSPS) is 23.3. The molecule has 0 spiro atoms. The lowest BCUT2D eigenvalue weighted by Crippen LogP contribution is -2.13. The van der Waals surface area contributed by atoms with E-state index in [1.54, 1.807) is 7.11 Å². The van der Waals surface area contributed by atoms with E-state index in [-0.39, 0.29) is 0 Å². The lowest BCUT2D eigenvalue weighted by atomic mass is 10.1. The number of hydrogen-bond acceptors (Lipinski definition) is 4. The van der Waals surface area contributed by atoms with Crippen LogP contribution in [0.2, 0.25) is 0 Å². The minimum Gasteiger partial charge on any atom is -0.496 e. The maximum absolute atomic E-state index is 5.73. The van der Waals surface area contributed by atoms with Crippen molar-refractivity contribution in [1.82, 2.24) is 0 Å². The Labute approximate surface area is 113 Å². The van der Waals surface area contributed by atoms with Crippen molar-refractivity contribution >= 4 is 11.8 Å². The largest absolute Gasteiger partial charge is 0.496 e. The van der Waals surface area contributed by atoms with Gasteiger partial charge in [0.15, 0.2) is 0 Å². The number of rotatable bonds is 5. The summed E-state index contributed by atoms with van der Waals surface area (Å²) in [5, 5.41) is 0.619. The molecule has 0 saturated carbocycles. The van der Waals surface area contributed by atoms with E-state index in [1.807, 2.05) is 17.8 Å². The summed E-state index contributed by atoms with van der Waals surface area (Å²) in [7, 11) is 1.68. The zero-order valence-corrected chi connectivity index (χ0v) is 11.8. The van der Waals surface area contributed by atoms with Crippen LogP contribution >= 0.6 is 11.8 Å². The quantitative estimate of drug-likeness (QED) is 0.890. The molecular weight excluding hydrogens is 246 g/mol. The second kappa shape index (κ2) is 6.45. The van der Waals surface area contributed by atoms with Crippen molar-refractivity contribution in [2.45, 2.75) is 37.0 Å². The molecule has 0 amide bonds. The molecule has 100 valence electrons. The molecular formula is C14H21NO2S. The van der Waals surface area contributed by atoms with Gasteiger partial charge in [-0.05, 0) is 31.0 Å². The van der Waals surface area contributed by atoms with Gasteiger partial charge >= 0.3 is 0 Å². The lowest BCUT2D eigenvalue weighted by Gasteiger charge is -2.14. The SMILES string of the molecule is COc1ccc(CSC2CCOC2C)cc1CN. The van der Waals surface area contributed by atoms with Crippen LogP contribution in [0.1, 0.15) is 24.5 Å². The molecule has 3 nitrogen and oxygen atoms in total. The standard InChI is InChI=1S/C14H21NO2S/c1-10-14(5-6-17-10)18-9-11-3-4-13(16-2)12(7-11)8-15/h3-4,7,10,14H,5-6,8-9,15H2,1-2H3. The highest BCUT2D eigenvalue weighted by Gasteiger charge is 2.24. The fourth-order valence-corrected chi connectivity index (χ4v) is 3.41. The van der Waals surface area contributed by atoms with Gasteiger partial charge in [0.05, 0.1) is 13.2 Å². The first kappa shape index (κ1) is 13.7. The Morgan fingerprint density at radius 2 is 2.33 bits per heavy atom. The monoisotopic (exact) mass is 267 g/mol. The van der Waals surface area contributed by atoms with Gasteiger partial charge in [-0.3, -0.25) is 0 Å². The Morgan fingerprint density at radius 1 is 1.50 bits per heavy atom. The summed E-state index contributed by atoms with van der Waals surface area (Å²) in [4.78, 5) is 0. The molecule has 0 aromatic heterocycles. The highest BCUT2D eigenvalue weighted by molar-refractivity contribution is 7.99. The van der Waals surface area contributed by atoms with Crippen LogP contribution in [-0.4, -0.2) is 25.1 Å². The topological polar surface area (TPSA) is 44.5 Å². The zero-order chi connectivity index (χ0) is 13.0. The van der Waals surface area contributed by atoms with E-state index in [4.69, 9.17) is 15.2 Å². The molecule has 2 rings (SSSR count). The summed E-state index contributed by atoms with van der Waals surface area (Å²) in [6.45, 7) is 3.57. The number of nitrogens with two attached hydrogens (primary N) is 1. The molecule has 0 aliphatic carbocycles. The Kier molecular flexibility index (Phi) is 4.92. The molecule has 1 saturated heterocycles. The lowest BCUT2D eigenvalue weighted by molar-refractivity contribution is 0.127. The van der Waals surface area contributed by atoms with Crippen molar-refractivity contribution in [3.05, 3.63) is 29.3 Å². The van der Waals surface area contributed by atoms with Crippen LogP contribution in [0.15, 0.2) is 18.2 Å².